The maximum atomic E-state index is 6.61. The van der Waals surface area contributed by atoms with E-state index in [1.54, 1.807) is 23.2 Å². The zero-order valence-corrected chi connectivity index (χ0v) is 37.4. The quantitative estimate of drug-likeness (QED) is 0.0865. The molecule has 0 spiro atoms. The summed E-state index contributed by atoms with van der Waals surface area (Å²) in [7, 11) is 1.95. The number of rotatable bonds is 8. The van der Waals surface area contributed by atoms with Gasteiger partial charge in [0.25, 0.3) is 6.20 Å². The number of para-hydroxylation sites is 1. The van der Waals surface area contributed by atoms with Gasteiger partial charge in [0.05, 0.1) is 0 Å². The molecule has 0 saturated carbocycles. The third kappa shape index (κ3) is 8.97. The number of benzene rings is 6. The Balaban J connectivity index is 0.000000569. The number of hydrogen-bond donors (Lipinski definition) is 0. The molecule has 0 saturated heterocycles. The van der Waals surface area contributed by atoms with E-state index in [1.165, 1.54) is 22.3 Å². The summed E-state index contributed by atoms with van der Waals surface area (Å²) >= 11 is 0. The summed E-state index contributed by atoms with van der Waals surface area (Å²) in [6.45, 7) is 2.29. The molecule has 0 unspecified atom stereocenters. The van der Waals surface area contributed by atoms with Crippen LogP contribution in [0, 0.1) is 42.8 Å². The van der Waals surface area contributed by atoms with Crippen molar-refractivity contribution in [2.75, 3.05) is 7.05 Å². The summed E-state index contributed by atoms with van der Waals surface area (Å²) < 4.78 is 18.0. The van der Waals surface area contributed by atoms with Gasteiger partial charge in [-0.2, -0.15) is 30.3 Å². The minimum absolute atomic E-state index is 0. The Hall–Kier alpha value is -6.59. The standard InChI is InChI=1S/C47H30N3O2.C6H4N.2Pt/c1-47(44-20-8-6-18-42(44)43-19-7-9-21-45(43)47)36-29-37(50-25-24-49(2)32-50)31-41(30-36)52-40-17-11-13-35(27-40)46-28-34(22-23-48-46)33-12-10-16-39(26-33)51-38-14-4-3-5-15-38;1-2-7-5-3-4-6-7;;/h3-14,16-21,23-25,28-30H,1-2H3;3-6H;;/q-3;-1;+2;+4. The second-order valence-corrected chi connectivity index (χ2v) is 14.0. The predicted molar refractivity (Wildman–Crippen MR) is 227 cm³/mol. The molecule has 8 aromatic rings. The van der Waals surface area contributed by atoms with Crippen molar-refractivity contribution in [3.8, 4) is 62.6 Å². The molecule has 0 atom stereocenters. The van der Waals surface area contributed by atoms with Crippen LogP contribution in [0.1, 0.15) is 23.6 Å². The van der Waals surface area contributed by atoms with Gasteiger partial charge in [-0.05, 0) is 41.3 Å². The molecule has 296 valence electrons. The van der Waals surface area contributed by atoms with Crippen molar-refractivity contribution in [3.63, 3.8) is 0 Å². The van der Waals surface area contributed by atoms with E-state index in [1.807, 2.05) is 107 Å². The summed E-state index contributed by atoms with van der Waals surface area (Å²) in [5.74, 6) is 2.35. The third-order valence-corrected chi connectivity index (χ3v) is 10.3. The monoisotopic (exact) mass is 1150 g/mol. The van der Waals surface area contributed by atoms with Crippen LogP contribution in [0.25, 0.3) is 33.5 Å². The molecule has 6 nitrogen and oxygen atoms in total. The van der Waals surface area contributed by atoms with E-state index >= 15 is 0 Å². The molecule has 6 aromatic carbocycles. The van der Waals surface area contributed by atoms with Gasteiger partial charge in [-0.1, -0.05) is 87.8 Å². The fourth-order valence-electron chi connectivity index (χ4n) is 7.40. The van der Waals surface area contributed by atoms with Gasteiger partial charge in [0.2, 0.25) is 6.20 Å². The summed E-state index contributed by atoms with van der Waals surface area (Å²) in [6.07, 6.45) is 15.7. The minimum Gasteiger partial charge on any atom is -0.669 e. The number of nitrogens with zero attached hydrogens (tertiary/aromatic N) is 4. The maximum absolute atomic E-state index is 6.61. The molecule has 0 bridgehead atoms. The molecule has 1 aliphatic heterocycles. The zero-order chi connectivity index (χ0) is 40.2. The maximum Gasteiger partial charge on any atom is 4.00 e. The summed E-state index contributed by atoms with van der Waals surface area (Å²) in [6, 6.07) is 68.5. The van der Waals surface area contributed by atoms with Crippen molar-refractivity contribution in [1.82, 2.24) is 9.55 Å². The second kappa shape index (κ2) is 18.8. The second-order valence-electron chi connectivity index (χ2n) is 14.0. The molecule has 2 aliphatic rings. The number of pyridine rings is 1. The molecule has 0 N–H and O–H groups in total. The Bertz CT molecular complexity index is 2940. The molecule has 0 radical (unpaired) electrons. The number of ether oxygens (including phenoxy) is 2. The van der Waals surface area contributed by atoms with E-state index in [4.69, 9.17) is 15.9 Å². The van der Waals surface area contributed by atoms with E-state index in [0.717, 1.165) is 33.6 Å². The van der Waals surface area contributed by atoms with Crippen LogP contribution in [-0.2, 0) is 47.5 Å². The van der Waals surface area contributed by atoms with Crippen LogP contribution in [0.4, 0.5) is 5.69 Å². The average Bonchev–Trinajstić information content (AvgIpc) is 4.04. The molecule has 2 aromatic heterocycles. The van der Waals surface area contributed by atoms with E-state index in [9.17, 15) is 0 Å². The van der Waals surface area contributed by atoms with Gasteiger partial charge < -0.3 is 25.4 Å². The van der Waals surface area contributed by atoms with Crippen LogP contribution in [-0.4, -0.2) is 31.8 Å². The first-order valence-corrected chi connectivity index (χ1v) is 19.0. The normalized spacial score (nSPS) is 12.5. The Morgan fingerprint density at radius 2 is 1.31 bits per heavy atom. The molecule has 61 heavy (non-hydrogen) atoms. The predicted octanol–water partition coefficient (Wildman–Crippen LogP) is 11.2. The van der Waals surface area contributed by atoms with Crippen LogP contribution < -0.4 is 9.47 Å². The van der Waals surface area contributed by atoms with Crippen molar-refractivity contribution in [2.24, 2.45) is 0 Å². The Morgan fingerprint density at radius 1 is 0.672 bits per heavy atom. The molecule has 1 aliphatic carbocycles. The number of aromatic nitrogens is 2. The van der Waals surface area contributed by atoms with Crippen molar-refractivity contribution >= 4 is 11.7 Å². The van der Waals surface area contributed by atoms with E-state index in [2.05, 4.69) is 115 Å². The van der Waals surface area contributed by atoms with E-state index in [0.29, 0.717) is 23.0 Å². The topological polar surface area (TPSA) is 42.3 Å². The van der Waals surface area contributed by atoms with Gasteiger partial charge in [-0.25, -0.2) is 24.2 Å². The fourth-order valence-corrected chi connectivity index (χ4v) is 7.40. The number of hydrogen-bond acceptors (Lipinski definition) is 3. The van der Waals surface area contributed by atoms with Gasteiger partial charge in [0, 0.05) is 40.8 Å². The van der Waals surface area contributed by atoms with Gasteiger partial charge in [-0.3, -0.25) is 11.1 Å². The summed E-state index contributed by atoms with van der Waals surface area (Å²) in [5, 5.41) is 0. The summed E-state index contributed by atoms with van der Waals surface area (Å²) in [4.78, 5) is 4.64. The van der Waals surface area contributed by atoms with Crippen LogP contribution >= 0.6 is 0 Å². The Morgan fingerprint density at radius 3 is 1.95 bits per heavy atom. The minimum atomic E-state index is -0.421. The molecule has 0 amide bonds. The molecule has 8 heteroatoms. The molecular formula is C53H34N4O2Pt2+2. The first kappa shape index (κ1) is 42.5. The van der Waals surface area contributed by atoms with Gasteiger partial charge in [0.1, 0.15) is 5.69 Å². The van der Waals surface area contributed by atoms with Crippen LogP contribution in [0.5, 0.6) is 23.0 Å². The van der Waals surface area contributed by atoms with Gasteiger partial charge in [0.15, 0.2) is 7.05 Å². The number of fused-ring (bicyclic) bond motifs is 3. The van der Waals surface area contributed by atoms with Gasteiger partial charge in [-0.15, -0.1) is 53.6 Å². The average molecular weight is 1150 g/mol. The first-order chi connectivity index (χ1) is 28.9. The van der Waals surface area contributed by atoms with E-state index < -0.39 is 5.41 Å². The Labute approximate surface area is 385 Å². The van der Waals surface area contributed by atoms with Crippen molar-refractivity contribution in [3.05, 3.63) is 224 Å². The van der Waals surface area contributed by atoms with Crippen molar-refractivity contribution in [1.29, 1.82) is 0 Å². The fraction of sp³-hybridized carbons (Fsp3) is 0.0566. The first-order valence-electron chi connectivity index (χ1n) is 19.0. The van der Waals surface area contributed by atoms with Crippen molar-refractivity contribution < 1.29 is 60.8 Å². The van der Waals surface area contributed by atoms with Crippen LogP contribution in [0.3, 0.4) is 0 Å². The van der Waals surface area contributed by atoms with Crippen molar-refractivity contribution in [2.45, 2.75) is 12.3 Å². The molecule has 10 rings (SSSR count). The smallest absolute Gasteiger partial charge is 0.669 e. The van der Waals surface area contributed by atoms with Crippen LogP contribution in [0.15, 0.2) is 171 Å². The van der Waals surface area contributed by atoms with Crippen LogP contribution in [0.2, 0.25) is 0 Å². The molecule has 3 heterocycles. The Kier molecular flexibility index (Phi) is 13.1. The molecule has 0 fully saturated rings. The third-order valence-electron chi connectivity index (χ3n) is 10.3. The SMILES string of the molecule is C[N+]1=C=[N+](c2[c-]c(Oc3[c-]c(-c4cc(-c5[c-]c(Oc6[c-]cccc6)ccc5)[c-]cn4)ccc3)cc(C3(C)c4ccccc4-c4ccccc43)c2)C=C1.[C-]#Cn1cccc1.[Pt+2].[Pt+4]. The largest absolute Gasteiger partial charge is 4.00 e. The molecular weight excluding hydrogens is 1110 g/mol. The zero-order valence-electron chi connectivity index (χ0n) is 32.9. The van der Waals surface area contributed by atoms with Gasteiger partial charge >= 0.3 is 48.1 Å². The van der Waals surface area contributed by atoms with E-state index in [-0.39, 0.29) is 42.1 Å². The summed E-state index contributed by atoms with van der Waals surface area (Å²) in [5.41, 5.74) is 9.68.